The van der Waals surface area contributed by atoms with Crippen molar-refractivity contribution in [3.05, 3.63) is 75.8 Å². The Labute approximate surface area is 176 Å². The summed E-state index contributed by atoms with van der Waals surface area (Å²) in [4.78, 5) is 16.3. The van der Waals surface area contributed by atoms with E-state index >= 15 is 0 Å². The van der Waals surface area contributed by atoms with Gasteiger partial charge in [0, 0.05) is 5.56 Å². The van der Waals surface area contributed by atoms with Crippen molar-refractivity contribution in [3.63, 3.8) is 0 Å². The fraction of sp³-hybridized carbons (Fsp3) is 0.217. The lowest BCUT2D eigenvalue weighted by atomic mass is 10.1. The van der Waals surface area contributed by atoms with Crippen molar-refractivity contribution in [2.24, 2.45) is 0 Å². The first-order valence-electron chi connectivity index (χ1n) is 9.19. The summed E-state index contributed by atoms with van der Waals surface area (Å²) in [6.45, 7) is 5.49. The number of hydrogen-bond donors (Lipinski definition) is 0. The molecule has 0 bridgehead atoms. The molecule has 0 aliphatic carbocycles. The van der Waals surface area contributed by atoms with E-state index in [0.717, 1.165) is 33.8 Å². The van der Waals surface area contributed by atoms with Crippen molar-refractivity contribution >= 4 is 23.2 Å². The summed E-state index contributed by atoms with van der Waals surface area (Å²) in [5.41, 5.74) is 2.28. The fourth-order valence-corrected chi connectivity index (χ4v) is 3.78. The maximum absolute atomic E-state index is 13.0. The van der Waals surface area contributed by atoms with Gasteiger partial charge in [-0.25, -0.2) is 4.98 Å². The van der Waals surface area contributed by atoms with Crippen molar-refractivity contribution in [1.29, 1.82) is 0 Å². The van der Waals surface area contributed by atoms with E-state index < -0.39 is 11.7 Å². The molecule has 2 aromatic carbocycles. The Morgan fingerprint density at radius 3 is 2.60 bits per heavy atom. The Balaban J connectivity index is 1.75. The number of rotatable bonds is 6. The van der Waals surface area contributed by atoms with E-state index in [-0.39, 0.29) is 12.4 Å². The fourth-order valence-electron chi connectivity index (χ4n) is 2.81. The van der Waals surface area contributed by atoms with Crippen LogP contribution in [0, 0.1) is 13.8 Å². The van der Waals surface area contributed by atoms with Crippen LogP contribution in [0.5, 0.6) is 5.75 Å². The van der Waals surface area contributed by atoms with Crippen LogP contribution in [0.1, 0.15) is 34.2 Å². The Kier molecular flexibility index (Phi) is 6.41. The van der Waals surface area contributed by atoms with Gasteiger partial charge in [-0.3, -0.25) is 4.79 Å². The number of carbonyl (C=O) groups is 1. The number of aromatic nitrogens is 1. The van der Waals surface area contributed by atoms with Crippen LogP contribution < -0.4 is 4.74 Å². The van der Waals surface area contributed by atoms with E-state index in [1.807, 2.05) is 32.0 Å². The summed E-state index contributed by atoms with van der Waals surface area (Å²) in [7, 11) is 0. The number of ether oxygens (including phenoxy) is 1. The summed E-state index contributed by atoms with van der Waals surface area (Å²) >= 11 is 1.32. The summed E-state index contributed by atoms with van der Waals surface area (Å²) in [5.74, 6) is 0.675. The zero-order valence-electron chi connectivity index (χ0n) is 16.7. The van der Waals surface area contributed by atoms with Crippen LogP contribution in [-0.2, 0) is 17.6 Å². The second-order valence-electron chi connectivity index (χ2n) is 6.86. The predicted molar refractivity (Wildman–Crippen MR) is 113 cm³/mol. The van der Waals surface area contributed by atoms with Gasteiger partial charge in [-0.1, -0.05) is 24.3 Å². The highest BCUT2D eigenvalue weighted by Crippen LogP contribution is 2.34. The third-order valence-corrected chi connectivity index (χ3v) is 5.58. The molecule has 1 heterocycles. The maximum atomic E-state index is 13.0. The van der Waals surface area contributed by atoms with Gasteiger partial charge in [-0.15, -0.1) is 11.3 Å². The number of benzene rings is 2. The number of ketones is 1. The number of thiazole rings is 1. The van der Waals surface area contributed by atoms with Crippen LogP contribution in [0.25, 0.3) is 16.6 Å². The average Bonchev–Trinajstić information content (AvgIpc) is 3.06. The summed E-state index contributed by atoms with van der Waals surface area (Å²) in [6.07, 6.45) is -1.14. The van der Waals surface area contributed by atoms with Crippen molar-refractivity contribution < 1.29 is 22.7 Å². The van der Waals surface area contributed by atoms with E-state index in [4.69, 9.17) is 4.74 Å². The van der Waals surface area contributed by atoms with Gasteiger partial charge in [-0.05, 0) is 62.2 Å². The van der Waals surface area contributed by atoms with E-state index in [2.05, 4.69) is 4.98 Å². The number of aryl methyl sites for hydroxylation is 2. The lowest BCUT2D eigenvalue weighted by Crippen LogP contribution is -2.04. The van der Waals surface area contributed by atoms with E-state index in [0.29, 0.717) is 16.3 Å². The second-order valence-corrected chi connectivity index (χ2v) is 7.95. The van der Waals surface area contributed by atoms with Crippen molar-refractivity contribution in [2.75, 3.05) is 0 Å². The molecule has 0 atom stereocenters. The molecule has 0 saturated carbocycles. The highest BCUT2D eigenvalue weighted by Gasteiger charge is 2.30. The lowest BCUT2D eigenvalue weighted by Gasteiger charge is -2.09. The first kappa shape index (κ1) is 21.8. The first-order valence-corrected chi connectivity index (χ1v) is 10.0. The van der Waals surface area contributed by atoms with Gasteiger partial charge >= 0.3 is 6.18 Å². The normalized spacial score (nSPS) is 11.8. The Bertz CT molecular complexity index is 1100. The van der Waals surface area contributed by atoms with Crippen LogP contribution >= 0.6 is 11.3 Å². The number of hydrogen-bond acceptors (Lipinski definition) is 4. The number of alkyl halides is 3. The van der Waals surface area contributed by atoms with Crippen LogP contribution in [0.4, 0.5) is 13.2 Å². The Morgan fingerprint density at radius 1 is 1.17 bits per heavy atom. The van der Waals surface area contributed by atoms with Crippen molar-refractivity contribution in [1.82, 2.24) is 4.98 Å². The number of nitrogens with zero attached hydrogens (tertiary/aromatic N) is 1. The van der Waals surface area contributed by atoms with Gasteiger partial charge in [0.1, 0.15) is 17.4 Å². The third kappa shape index (κ3) is 5.36. The molecule has 3 aromatic rings. The predicted octanol–water partition coefficient (Wildman–Crippen LogP) is 6.63. The third-order valence-electron chi connectivity index (χ3n) is 4.40. The molecular formula is C23H20F3NO2S. The molecular weight excluding hydrogens is 411 g/mol. The molecule has 0 fully saturated rings. The zero-order valence-corrected chi connectivity index (χ0v) is 17.5. The first-order chi connectivity index (χ1) is 14.1. The molecule has 0 aliphatic rings. The number of halogens is 3. The molecule has 0 saturated heterocycles. The van der Waals surface area contributed by atoms with Crippen LogP contribution in [0.15, 0.2) is 48.5 Å². The molecule has 0 aliphatic heterocycles. The Morgan fingerprint density at radius 2 is 1.93 bits per heavy atom. The van der Waals surface area contributed by atoms with E-state index in [1.54, 1.807) is 12.1 Å². The number of allylic oxidation sites excluding steroid dienone is 1. The molecule has 156 valence electrons. The molecule has 0 unspecified atom stereocenters. The van der Waals surface area contributed by atoms with Gasteiger partial charge in [-0.2, -0.15) is 13.2 Å². The minimum absolute atomic E-state index is 0.0229. The van der Waals surface area contributed by atoms with Gasteiger partial charge in [0.15, 0.2) is 5.78 Å². The molecule has 0 N–H and O–H groups in total. The smallest absolute Gasteiger partial charge is 0.416 e. The molecule has 0 amide bonds. The van der Waals surface area contributed by atoms with Crippen LogP contribution in [0.2, 0.25) is 0 Å². The topological polar surface area (TPSA) is 39.2 Å². The summed E-state index contributed by atoms with van der Waals surface area (Å²) < 4.78 is 44.8. The second kappa shape index (κ2) is 8.83. The monoisotopic (exact) mass is 431 g/mol. The number of carbonyl (C=O) groups excluding carboxylic acids is 1. The van der Waals surface area contributed by atoms with Gasteiger partial charge in [0.05, 0.1) is 16.1 Å². The van der Waals surface area contributed by atoms with Crippen molar-refractivity contribution in [3.8, 4) is 16.3 Å². The molecule has 7 heteroatoms. The quantitative estimate of drug-likeness (QED) is 0.411. The van der Waals surface area contributed by atoms with E-state index in [1.165, 1.54) is 30.4 Å². The SMILES string of the molecule is CC(=O)/C=C/c1ccc(OCc2sc(-c3cccc(C(F)(F)F)c3)nc2C)c(C)c1. The lowest BCUT2D eigenvalue weighted by molar-refractivity contribution is -0.137. The molecule has 3 rings (SSSR count). The van der Waals surface area contributed by atoms with Gasteiger partial charge in [0.25, 0.3) is 0 Å². The molecule has 1 aromatic heterocycles. The highest BCUT2D eigenvalue weighted by molar-refractivity contribution is 7.15. The minimum atomic E-state index is -4.39. The highest BCUT2D eigenvalue weighted by atomic mass is 32.1. The van der Waals surface area contributed by atoms with Gasteiger partial charge < -0.3 is 4.74 Å². The maximum Gasteiger partial charge on any atom is 0.416 e. The van der Waals surface area contributed by atoms with Crippen LogP contribution in [-0.4, -0.2) is 10.8 Å². The summed E-state index contributed by atoms with van der Waals surface area (Å²) in [6, 6.07) is 10.8. The molecule has 30 heavy (non-hydrogen) atoms. The molecule has 0 radical (unpaired) electrons. The van der Waals surface area contributed by atoms with Gasteiger partial charge in [0.2, 0.25) is 0 Å². The van der Waals surface area contributed by atoms with Crippen molar-refractivity contribution in [2.45, 2.75) is 33.6 Å². The van der Waals surface area contributed by atoms with E-state index in [9.17, 15) is 18.0 Å². The molecule has 0 spiro atoms. The van der Waals surface area contributed by atoms with Crippen LogP contribution in [0.3, 0.4) is 0 Å². The largest absolute Gasteiger partial charge is 0.488 e. The average molecular weight is 431 g/mol. The Hall–Kier alpha value is -2.93. The zero-order chi connectivity index (χ0) is 21.9. The minimum Gasteiger partial charge on any atom is -0.488 e. The summed E-state index contributed by atoms with van der Waals surface area (Å²) in [5, 5.41) is 0.527. The standard InChI is InChI=1S/C23H20F3NO2S/c1-14-11-17(8-7-15(2)28)9-10-20(14)29-13-21-16(3)27-22(30-21)18-5-4-6-19(12-18)23(24,25)26/h4-12H,13H2,1-3H3/b8-7+. The molecule has 3 nitrogen and oxygen atoms in total.